The van der Waals surface area contributed by atoms with Crippen LogP contribution in [0.2, 0.25) is 0 Å². The van der Waals surface area contributed by atoms with Gasteiger partial charge in [-0.15, -0.1) is 0 Å². The summed E-state index contributed by atoms with van der Waals surface area (Å²) in [4.78, 5) is 16.7. The van der Waals surface area contributed by atoms with Crippen LogP contribution in [0.3, 0.4) is 0 Å². The first-order valence-electron chi connectivity index (χ1n) is 4.50. The molecule has 1 amide bonds. The van der Waals surface area contributed by atoms with E-state index in [0.717, 1.165) is 6.42 Å². The number of carbonyl (C=O) groups is 1. The first-order valence-corrected chi connectivity index (χ1v) is 4.50. The van der Waals surface area contributed by atoms with Gasteiger partial charge in [0.2, 0.25) is 5.91 Å². The average molecular weight is 190 g/mol. The van der Waals surface area contributed by atoms with Crippen molar-refractivity contribution < 1.29 is 4.79 Å². The molecule has 3 heteroatoms. The molecule has 1 heterocycles. The molecule has 0 atom stereocenters. The molecule has 1 aromatic heterocycles. The highest BCUT2D eigenvalue weighted by molar-refractivity contribution is 5.86. The summed E-state index contributed by atoms with van der Waals surface area (Å²) in [6.45, 7) is 4.14. The predicted molar refractivity (Wildman–Crippen MR) is 55.8 cm³/mol. The van der Waals surface area contributed by atoms with E-state index < -0.39 is 0 Å². The van der Waals surface area contributed by atoms with Crippen LogP contribution in [0.15, 0.2) is 37.2 Å². The number of hydrogen-bond donors (Lipinski definition) is 0. The number of carbonyl (C=O) groups excluding carboxylic acids is 1. The number of rotatable bonds is 4. The molecule has 0 spiro atoms. The Labute approximate surface area is 84.1 Å². The third-order valence-electron chi connectivity index (χ3n) is 2.04. The largest absolute Gasteiger partial charge is 0.342 e. The van der Waals surface area contributed by atoms with E-state index >= 15 is 0 Å². The summed E-state index contributed by atoms with van der Waals surface area (Å²) in [5.41, 5.74) is 1.18. The van der Waals surface area contributed by atoms with E-state index in [1.807, 2.05) is 12.1 Å². The molecule has 3 nitrogen and oxygen atoms in total. The zero-order valence-electron chi connectivity index (χ0n) is 8.31. The van der Waals surface area contributed by atoms with Crippen LogP contribution < -0.4 is 0 Å². The lowest BCUT2D eigenvalue weighted by Crippen LogP contribution is -2.26. The molecule has 0 aliphatic rings. The topological polar surface area (TPSA) is 33.2 Å². The molecule has 74 valence electrons. The summed E-state index contributed by atoms with van der Waals surface area (Å²) in [6, 6.07) is 3.90. The van der Waals surface area contributed by atoms with Gasteiger partial charge in [0.1, 0.15) is 0 Å². The van der Waals surface area contributed by atoms with Crippen LogP contribution in [-0.2, 0) is 11.2 Å². The Hall–Kier alpha value is -1.64. The van der Waals surface area contributed by atoms with Gasteiger partial charge < -0.3 is 4.90 Å². The third-order valence-corrected chi connectivity index (χ3v) is 2.04. The van der Waals surface area contributed by atoms with Crippen molar-refractivity contribution in [1.29, 1.82) is 0 Å². The van der Waals surface area contributed by atoms with Crippen molar-refractivity contribution in [2.45, 2.75) is 6.42 Å². The molecule has 0 bridgehead atoms. The fourth-order valence-electron chi connectivity index (χ4n) is 1.11. The SMILES string of the molecule is C=CC(=O)N(C)CCc1ccncc1. The Morgan fingerprint density at radius 1 is 1.57 bits per heavy atom. The number of hydrogen-bond acceptors (Lipinski definition) is 2. The van der Waals surface area contributed by atoms with Gasteiger partial charge in [0, 0.05) is 26.0 Å². The van der Waals surface area contributed by atoms with Crippen molar-refractivity contribution in [3.8, 4) is 0 Å². The zero-order valence-corrected chi connectivity index (χ0v) is 8.31. The Balaban J connectivity index is 2.41. The number of pyridine rings is 1. The van der Waals surface area contributed by atoms with E-state index in [2.05, 4.69) is 11.6 Å². The van der Waals surface area contributed by atoms with Crippen LogP contribution in [0, 0.1) is 0 Å². The Bertz CT molecular complexity index is 308. The monoisotopic (exact) mass is 190 g/mol. The minimum Gasteiger partial charge on any atom is -0.342 e. The van der Waals surface area contributed by atoms with Crippen molar-refractivity contribution in [3.05, 3.63) is 42.7 Å². The van der Waals surface area contributed by atoms with Gasteiger partial charge in [0.15, 0.2) is 0 Å². The number of likely N-dealkylation sites (N-methyl/N-ethyl adjacent to an activating group) is 1. The Morgan fingerprint density at radius 3 is 2.79 bits per heavy atom. The fourth-order valence-corrected chi connectivity index (χ4v) is 1.11. The van der Waals surface area contributed by atoms with E-state index in [1.54, 1.807) is 24.3 Å². The highest BCUT2D eigenvalue weighted by Crippen LogP contribution is 1.99. The van der Waals surface area contributed by atoms with Crippen LogP contribution in [0.25, 0.3) is 0 Å². The van der Waals surface area contributed by atoms with Crippen LogP contribution in [0.4, 0.5) is 0 Å². The molecule has 1 aromatic rings. The quantitative estimate of drug-likeness (QED) is 0.670. The highest BCUT2D eigenvalue weighted by Gasteiger charge is 2.03. The zero-order chi connectivity index (χ0) is 10.4. The highest BCUT2D eigenvalue weighted by atomic mass is 16.2. The maximum Gasteiger partial charge on any atom is 0.245 e. The summed E-state index contributed by atoms with van der Waals surface area (Å²) in [7, 11) is 1.77. The minimum absolute atomic E-state index is 0.0425. The van der Waals surface area contributed by atoms with Gasteiger partial charge in [-0.3, -0.25) is 9.78 Å². The fraction of sp³-hybridized carbons (Fsp3) is 0.273. The van der Waals surface area contributed by atoms with E-state index in [0.29, 0.717) is 6.54 Å². The van der Waals surface area contributed by atoms with Crippen molar-refractivity contribution in [2.24, 2.45) is 0 Å². The maximum atomic E-state index is 11.1. The predicted octanol–water partition coefficient (Wildman–Crippen LogP) is 1.27. The molecule has 0 fully saturated rings. The number of amides is 1. The molecule has 0 saturated heterocycles. The molecule has 14 heavy (non-hydrogen) atoms. The second-order valence-electron chi connectivity index (χ2n) is 3.07. The molecule has 0 aliphatic heterocycles. The van der Waals surface area contributed by atoms with Gasteiger partial charge in [0.25, 0.3) is 0 Å². The third kappa shape index (κ3) is 3.01. The maximum absolute atomic E-state index is 11.1. The molecule has 1 rings (SSSR count). The molecule has 0 unspecified atom stereocenters. The summed E-state index contributed by atoms with van der Waals surface area (Å²) in [5.74, 6) is -0.0425. The molecular weight excluding hydrogens is 176 g/mol. The molecular formula is C11H14N2O. The van der Waals surface area contributed by atoms with Crippen LogP contribution in [-0.4, -0.2) is 29.4 Å². The summed E-state index contributed by atoms with van der Waals surface area (Å²) >= 11 is 0. The van der Waals surface area contributed by atoms with Gasteiger partial charge in [-0.25, -0.2) is 0 Å². The van der Waals surface area contributed by atoms with Crippen LogP contribution >= 0.6 is 0 Å². The second kappa shape index (κ2) is 5.17. The molecule has 0 aliphatic carbocycles. The normalized spacial score (nSPS) is 9.50. The lowest BCUT2D eigenvalue weighted by molar-refractivity contribution is -0.124. The Morgan fingerprint density at radius 2 is 2.21 bits per heavy atom. The Kier molecular flexibility index (Phi) is 3.85. The second-order valence-corrected chi connectivity index (χ2v) is 3.07. The minimum atomic E-state index is -0.0425. The van der Waals surface area contributed by atoms with Gasteiger partial charge in [-0.1, -0.05) is 6.58 Å². The van der Waals surface area contributed by atoms with Gasteiger partial charge >= 0.3 is 0 Å². The average Bonchev–Trinajstić information content (AvgIpc) is 2.26. The van der Waals surface area contributed by atoms with Crippen molar-refractivity contribution in [1.82, 2.24) is 9.88 Å². The lowest BCUT2D eigenvalue weighted by Gasteiger charge is -2.14. The van der Waals surface area contributed by atoms with E-state index in [4.69, 9.17) is 0 Å². The first kappa shape index (κ1) is 10.4. The smallest absolute Gasteiger partial charge is 0.245 e. The van der Waals surface area contributed by atoms with Crippen molar-refractivity contribution >= 4 is 5.91 Å². The number of nitrogens with zero attached hydrogens (tertiary/aromatic N) is 2. The van der Waals surface area contributed by atoms with Gasteiger partial charge in [-0.05, 0) is 30.2 Å². The molecule has 0 saturated carbocycles. The first-order chi connectivity index (χ1) is 6.74. The number of aromatic nitrogens is 1. The summed E-state index contributed by atoms with van der Waals surface area (Å²) in [5, 5.41) is 0. The van der Waals surface area contributed by atoms with Crippen LogP contribution in [0.5, 0.6) is 0 Å². The molecule has 0 N–H and O–H groups in total. The van der Waals surface area contributed by atoms with E-state index in [9.17, 15) is 4.79 Å². The van der Waals surface area contributed by atoms with Gasteiger partial charge in [0.05, 0.1) is 0 Å². The van der Waals surface area contributed by atoms with Crippen LogP contribution in [0.1, 0.15) is 5.56 Å². The standard InChI is InChI=1S/C11H14N2O/c1-3-11(14)13(2)9-6-10-4-7-12-8-5-10/h3-5,7-8H,1,6,9H2,2H3. The molecule has 0 radical (unpaired) electrons. The lowest BCUT2D eigenvalue weighted by atomic mass is 10.2. The van der Waals surface area contributed by atoms with Crippen molar-refractivity contribution in [3.63, 3.8) is 0 Å². The van der Waals surface area contributed by atoms with E-state index in [1.165, 1.54) is 11.6 Å². The summed E-state index contributed by atoms with van der Waals surface area (Å²) in [6.07, 6.45) is 5.68. The van der Waals surface area contributed by atoms with E-state index in [-0.39, 0.29) is 5.91 Å². The summed E-state index contributed by atoms with van der Waals surface area (Å²) < 4.78 is 0. The molecule has 0 aromatic carbocycles. The van der Waals surface area contributed by atoms with Crippen molar-refractivity contribution in [2.75, 3.05) is 13.6 Å². The van der Waals surface area contributed by atoms with Gasteiger partial charge in [-0.2, -0.15) is 0 Å².